The van der Waals surface area contributed by atoms with Crippen LogP contribution in [0.25, 0.3) is 0 Å². The first-order valence-corrected chi connectivity index (χ1v) is 5.93. The van der Waals surface area contributed by atoms with E-state index in [-0.39, 0.29) is 11.7 Å². The van der Waals surface area contributed by atoms with Gasteiger partial charge < -0.3 is 5.32 Å². The van der Waals surface area contributed by atoms with Crippen LogP contribution in [0.4, 0.5) is 18.9 Å². The smallest absolute Gasteiger partial charge is 0.196 e. The largest absolute Gasteiger partial charge is 0.376 e. The SMILES string of the molecule is CC(Nc1ccc(F)c(F)c1F)c1ccc(C#N)cc1. The number of halogens is 3. The molecule has 5 heteroatoms. The summed E-state index contributed by atoms with van der Waals surface area (Å²) in [4.78, 5) is 0. The van der Waals surface area contributed by atoms with E-state index >= 15 is 0 Å². The summed E-state index contributed by atoms with van der Waals surface area (Å²) >= 11 is 0. The second-order valence-electron chi connectivity index (χ2n) is 4.32. The van der Waals surface area contributed by atoms with Gasteiger partial charge in [0.25, 0.3) is 0 Å². The minimum atomic E-state index is -1.50. The van der Waals surface area contributed by atoms with Crippen LogP contribution < -0.4 is 5.32 Å². The van der Waals surface area contributed by atoms with Crippen molar-refractivity contribution < 1.29 is 13.2 Å². The normalized spacial score (nSPS) is 11.8. The molecule has 20 heavy (non-hydrogen) atoms. The zero-order chi connectivity index (χ0) is 14.7. The summed E-state index contributed by atoms with van der Waals surface area (Å²) in [6.07, 6.45) is 0. The van der Waals surface area contributed by atoms with Gasteiger partial charge in [-0.05, 0) is 36.8 Å². The van der Waals surface area contributed by atoms with Gasteiger partial charge in [0.15, 0.2) is 17.5 Å². The van der Waals surface area contributed by atoms with Gasteiger partial charge in [-0.3, -0.25) is 0 Å². The van der Waals surface area contributed by atoms with Crippen molar-refractivity contribution in [1.29, 1.82) is 5.26 Å². The minimum absolute atomic E-state index is 0.110. The molecule has 1 atom stereocenters. The van der Waals surface area contributed by atoms with E-state index in [0.29, 0.717) is 5.56 Å². The van der Waals surface area contributed by atoms with Gasteiger partial charge in [0, 0.05) is 6.04 Å². The zero-order valence-corrected chi connectivity index (χ0v) is 10.6. The Balaban J connectivity index is 2.21. The predicted molar refractivity (Wildman–Crippen MR) is 69.5 cm³/mol. The lowest BCUT2D eigenvalue weighted by molar-refractivity contribution is 0.448. The highest BCUT2D eigenvalue weighted by molar-refractivity contribution is 5.47. The van der Waals surface area contributed by atoms with E-state index in [2.05, 4.69) is 5.32 Å². The fraction of sp³-hybridized carbons (Fsp3) is 0.133. The Bertz CT molecular complexity index is 660. The van der Waals surface area contributed by atoms with Gasteiger partial charge in [-0.1, -0.05) is 12.1 Å². The molecule has 2 aromatic carbocycles. The van der Waals surface area contributed by atoms with Crippen molar-refractivity contribution in [1.82, 2.24) is 0 Å². The number of hydrogen-bond acceptors (Lipinski definition) is 2. The third-order valence-corrected chi connectivity index (χ3v) is 2.95. The molecule has 0 fully saturated rings. The number of benzene rings is 2. The molecule has 0 aromatic heterocycles. The number of nitrogens with one attached hydrogen (secondary N) is 1. The lowest BCUT2D eigenvalue weighted by Gasteiger charge is -2.16. The van der Waals surface area contributed by atoms with Crippen LogP contribution >= 0.6 is 0 Å². The fourth-order valence-electron chi connectivity index (χ4n) is 1.80. The zero-order valence-electron chi connectivity index (χ0n) is 10.6. The van der Waals surface area contributed by atoms with Gasteiger partial charge in [0.2, 0.25) is 0 Å². The molecule has 0 saturated carbocycles. The van der Waals surface area contributed by atoms with Gasteiger partial charge in [0.1, 0.15) is 0 Å². The van der Waals surface area contributed by atoms with Crippen molar-refractivity contribution in [3.63, 3.8) is 0 Å². The van der Waals surface area contributed by atoms with Gasteiger partial charge >= 0.3 is 0 Å². The summed E-state index contributed by atoms with van der Waals surface area (Å²) in [5.41, 5.74) is 1.20. The Morgan fingerprint density at radius 2 is 1.65 bits per heavy atom. The first kappa shape index (κ1) is 13.9. The molecule has 0 bridgehead atoms. The molecule has 0 amide bonds. The van der Waals surface area contributed by atoms with Crippen LogP contribution in [-0.2, 0) is 0 Å². The van der Waals surface area contributed by atoms with E-state index in [4.69, 9.17) is 5.26 Å². The molecule has 102 valence electrons. The van der Waals surface area contributed by atoms with Crippen molar-refractivity contribution in [2.24, 2.45) is 0 Å². The van der Waals surface area contributed by atoms with E-state index in [1.165, 1.54) is 0 Å². The van der Waals surface area contributed by atoms with Gasteiger partial charge in [0.05, 0.1) is 17.3 Å². The molecule has 0 spiro atoms. The molecule has 0 saturated heterocycles. The highest BCUT2D eigenvalue weighted by atomic mass is 19.2. The standard InChI is InChI=1S/C15H11F3N2/c1-9(11-4-2-10(8-19)3-5-11)20-13-7-6-12(16)14(17)15(13)18/h2-7,9,20H,1H3. The van der Waals surface area contributed by atoms with Crippen molar-refractivity contribution in [3.8, 4) is 6.07 Å². The highest BCUT2D eigenvalue weighted by Gasteiger charge is 2.15. The monoisotopic (exact) mass is 276 g/mol. The van der Waals surface area contributed by atoms with Gasteiger partial charge in [-0.25, -0.2) is 13.2 Å². The molecule has 0 heterocycles. The molecular formula is C15H11F3N2. The van der Waals surface area contributed by atoms with Crippen LogP contribution in [0.1, 0.15) is 24.1 Å². The average molecular weight is 276 g/mol. The number of anilines is 1. The molecule has 0 aliphatic carbocycles. The van der Waals surface area contributed by atoms with Crippen LogP contribution in [0.3, 0.4) is 0 Å². The maximum atomic E-state index is 13.5. The highest BCUT2D eigenvalue weighted by Crippen LogP contribution is 2.24. The van der Waals surface area contributed by atoms with E-state index in [9.17, 15) is 13.2 Å². The summed E-state index contributed by atoms with van der Waals surface area (Å²) in [5, 5.41) is 11.5. The van der Waals surface area contributed by atoms with Gasteiger partial charge in [-0.2, -0.15) is 5.26 Å². The quantitative estimate of drug-likeness (QED) is 0.855. The molecular weight excluding hydrogens is 265 g/mol. The van der Waals surface area contributed by atoms with Crippen molar-refractivity contribution in [2.45, 2.75) is 13.0 Å². The Labute approximate surface area is 114 Å². The van der Waals surface area contributed by atoms with Crippen LogP contribution in [-0.4, -0.2) is 0 Å². The maximum Gasteiger partial charge on any atom is 0.196 e. The molecule has 0 aliphatic heterocycles. The van der Waals surface area contributed by atoms with E-state index in [1.807, 2.05) is 6.07 Å². The predicted octanol–water partition coefficient (Wildman–Crippen LogP) is 4.15. The van der Waals surface area contributed by atoms with Crippen LogP contribution in [0, 0.1) is 28.8 Å². The number of rotatable bonds is 3. The number of nitrogens with zero attached hydrogens (tertiary/aromatic N) is 1. The molecule has 1 unspecified atom stereocenters. The van der Waals surface area contributed by atoms with E-state index in [1.54, 1.807) is 31.2 Å². The van der Waals surface area contributed by atoms with Crippen LogP contribution in [0.2, 0.25) is 0 Å². The Morgan fingerprint density at radius 1 is 1.00 bits per heavy atom. The van der Waals surface area contributed by atoms with Crippen LogP contribution in [0.15, 0.2) is 36.4 Å². The van der Waals surface area contributed by atoms with Crippen LogP contribution in [0.5, 0.6) is 0 Å². The van der Waals surface area contributed by atoms with Crippen molar-refractivity contribution >= 4 is 5.69 Å². The van der Waals surface area contributed by atoms with Gasteiger partial charge in [-0.15, -0.1) is 0 Å². The Kier molecular flexibility index (Phi) is 3.94. The molecule has 2 aromatic rings. The minimum Gasteiger partial charge on any atom is -0.376 e. The lowest BCUT2D eigenvalue weighted by atomic mass is 10.1. The third-order valence-electron chi connectivity index (χ3n) is 2.95. The van der Waals surface area contributed by atoms with Crippen molar-refractivity contribution in [3.05, 3.63) is 65.0 Å². The molecule has 2 rings (SSSR count). The third kappa shape index (κ3) is 2.75. The Morgan fingerprint density at radius 3 is 2.25 bits per heavy atom. The number of hydrogen-bond donors (Lipinski definition) is 1. The summed E-state index contributed by atoms with van der Waals surface area (Å²) in [5.74, 6) is -3.97. The number of nitriles is 1. The van der Waals surface area contributed by atoms with Crippen molar-refractivity contribution in [2.75, 3.05) is 5.32 Å². The van der Waals surface area contributed by atoms with E-state index < -0.39 is 17.5 Å². The summed E-state index contributed by atoms with van der Waals surface area (Å²) in [6.45, 7) is 1.75. The topological polar surface area (TPSA) is 35.8 Å². The summed E-state index contributed by atoms with van der Waals surface area (Å²) < 4.78 is 39.5. The molecule has 1 N–H and O–H groups in total. The lowest BCUT2D eigenvalue weighted by Crippen LogP contribution is -2.09. The molecule has 0 aliphatic rings. The second-order valence-corrected chi connectivity index (χ2v) is 4.32. The Hall–Kier alpha value is -2.48. The first-order chi connectivity index (χ1) is 9.52. The second kappa shape index (κ2) is 5.66. The summed E-state index contributed by atoms with van der Waals surface area (Å²) in [7, 11) is 0. The average Bonchev–Trinajstić information content (AvgIpc) is 2.48. The maximum absolute atomic E-state index is 13.5. The summed E-state index contributed by atoms with van der Waals surface area (Å²) in [6, 6.07) is 10.4. The fourth-order valence-corrected chi connectivity index (χ4v) is 1.80. The molecule has 2 nitrogen and oxygen atoms in total. The van der Waals surface area contributed by atoms with E-state index in [0.717, 1.165) is 17.7 Å². The first-order valence-electron chi connectivity index (χ1n) is 5.93. The molecule has 0 radical (unpaired) electrons.